The van der Waals surface area contributed by atoms with Gasteiger partial charge >= 0.3 is 5.63 Å². The van der Waals surface area contributed by atoms with Crippen LogP contribution in [-0.2, 0) is 0 Å². The van der Waals surface area contributed by atoms with Gasteiger partial charge in [0.05, 0.1) is 15.8 Å². The smallest absolute Gasteiger partial charge is 0.346 e. The zero-order valence-corrected chi connectivity index (χ0v) is 14.1. The van der Waals surface area contributed by atoms with E-state index in [1.807, 2.05) is 69.3 Å². The fourth-order valence-electron chi connectivity index (χ4n) is 2.35. The molecule has 0 aliphatic rings. The number of nitrogens with zero attached hydrogens (tertiary/aromatic N) is 1. The van der Waals surface area contributed by atoms with Gasteiger partial charge in [0.1, 0.15) is 10.6 Å². The van der Waals surface area contributed by atoms with Gasteiger partial charge in [-0.05, 0) is 36.8 Å². The van der Waals surface area contributed by atoms with Crippen molar-refractivity contribution in [3.05, 3.63) is 64.5 Å². The van der Waals surface area contributed by atoms with E-state index in [1.165, 1.54) is 11.3 Å². The molecule has 4 aromatic rings. The normalized spacial score (nSPS) is 10.6. The van der Waals surface area contributed by atoms with Gasteiger partial charge in [0.2, 0.25) is 0 Å². The van der Waals surface area contributed by atoms with Gasteiger partial charge in [0, 0.05) is 5.39 Å². The van der Waals surface area contributed by atoms with E-state index in [0.717, 1.165) is 21.2 Å². The number of thiazole rings is 1. The molecule has 0 fully saturated rings. The maximum atomic E-state index is 12.2. The summed E-state index contributed by atoms with van der Waals surface area (Å²) in [6.45, 7) is 5.97. The molecule has 0 aliphatic heterocycles. The van der Waals surface area contributed by atoms with Crippen LogP contribution in [-0.4, -0.2) is 4.98 Å². The molecular weight excluding hydrogens is 306 g/mol. The second-order valence-electron chi connectivity index (χ2n) is 4.98. The molecule has 0 saturated heterocycles. The molecule has 2 heterocycles. The molecular formula is C19H17NO2S. The predicted molar refractivity (Wildman–Crippen MR) is 97.2 cm³/mol. The fraction of sp³-hybridized carbons (Fsp3) is 0.158. The average molecular weight is 323 g/mol. The van der Waals surface area contributed by atoms with Crippen LogP contribution in [0.5, 0.6) is 0 Å². The minimum Gasteiger partial charge on any atom is -0.422 e. The Morgan fingerprint density at radius 2 is 1.83 bits per heavy atom. The molecule has 0 unspecified atom stereocenters. The largest absolute Gasteiger partial charge is 0.422 e. The Labute approximate surface area is 138 Å². The van der Waals surface area contributed by atoms with E-state index in [9.17, 15) is 4.79 Å². The molecule has 0 aliphatic carbocycles. The summed E-state index contributed by atoms with van der Waals surface area (Å²) in [5, 5.41) is 1.61. The lowest BCUT2D eigenvalue weighted by molar-refractivity contribution is 0.563. The Kier molecular flexibility index (Phi) is 4.26. The second-order valence-corrected chi connectivity index (χ2v) is 6.01. The van der Waals surface area contributed by atoms with Crippen LogP contribution in [0.1, 0.15) is 19.4 Å². The number of aryl methyl sites for hydroxylation is 1. The highest BCUT2D eigenvalue weighted by atomic mass is 32.1. The van der Waals surface area contributed by atoms with E-state index in [-0.39, 0.29) is 5.63 Å². The van der Waals surface area contributed by atoms with E-state index in [2.05, 4.69) is 4.98 Å². The molecule has 0 atom stereocenters. The van der Waals surface area contributed by atoms with Crippen molar-refractivity contribution in [1.29, 1.82) is 0 Å². The zero-order valence-electron chi connectivity index (χ0n) is 13.3. The van der Waals surface area contributed by atoms with E-state index in [4.69, 9.17) is 4.42 Å². The van der Waals surface area contributed by atoms with Crippen LogP contribution in [0.25, 0.3) is 31.8 Å². The van der Waals surface area contributed by atoms with E-state index >= 15 is 0 Å². The Bertz CT molecular complexity index is 997. The number of para-hydroxylation sites is 1. The van der Waals surface area contributed by atoms with Gasteiger partial charge in [-0.1, -0.05) is 38.1 Å². The summed E-state index contributed by atoms with van der Waals surface area (Å²) >= 11 is 1.51. The molecule has 116 valence electrons. The Balaban J connectivity index is 0.000000753. The van der Waals surface area contributed by atoms with Crippen LogP contribution >= 0.6 is 11.3 Å². The molecule has 0 bridgehead atoms. The van der Waals surface area contributed by atoms with E-state index < -0.39 is 0 Å². The lowest BCUT2D eigenvalue weighted by Crippen LogP contribution is -2.02. The van der Waals surface area contributed by atoms with Gasteiger partial charge in [-0.15, -0.1) is 11.3 Å². The highest BCUT2D eigenvalue weighted by Crippen LogP contribution is 2.29. The third-order valence-electron chi connectivity index (χ3n) is 3.42. The summed E-state index contributed by atoms with van der Waals surface area (Å²) in [7, 11) is 0. The molecule has 4 heteroatoms. The van der Waals surface area contributed by atoms with Crippen LogP contribution in [0.15, 0.2) is 57.7 Å². The van der Waals surface area contributed by atoms with Gasteiger partial charge in [-0.25, -0.2) is 9.78 Å². The van der Waals surface area contributed by atoms with Crippen LogP contribution < -0.4 is 5.63 Å². The number of aromatic nitrogens is 1. The van der Waals surface area contributed by atoms with Gasteiger partial charge < -0.3 is 4.42 Å². The molecule has 23 heavy (non-hydrogen) atoms. The van der Waals surface area contributed by atoms with Crippen molar-refractivity contribution in [1.82, 2.24) is 4.98 Å². The summed E-state index contributed by atoms with van der Waals surface area (Å²) in [4.78, 5) is 16.7. The fourth-order valence-corrected chi connectivity index (χ4v) is 3.32. The third kappa shape index (κ3) is 2.90. The molecule has 0 radical (unpaired) electrons. The van der Waals surface area contributed by atoms with Crippen molar-refractivity contribution in [2.75, 3.05) is 0 Å². The molecule has 0 spiro atoms. The first kappa shape index (κ1) is 15.4. The van der Waals surface area contributed by atoms with Crippen LogP contribution in [0.3, 0.4) is 0 Å². The summed E-state index contributed by atoms with van der Waals surface area (Å²) in [5.41, 5.74) is 2.77. The first-order valence-electron chi connectivity index (χ1n) is 7.61. The van der Waals surface area contributed by atoms with Crippen LogP contribution in [0.2, 0.25) is 0 Å². The Morgan fingerprint density at radius 3 is 2.61 bits per heavy atom. The van der Waals surface area contributed by atoms with Crippen molar-refractivity contribution in [2.24, 2.45) is 0 Å². The predicted octanol–water partition coefficient (Wildman–Crippen LogP) is 5.40. The number of hydrogen-bond acceptors (Lipinski definition) is 4. The number of rotatable bonds is 1. The summed E-state index contributed by atoms with van der Waals surface area (Å²) in [5.74, 6) is 0. The topological polar surface area (TPSA) is 43.1 Å². The van der Waals surface area contributed by atoms with E-state index in [0.29, 0.717) is 16.2 Å². The second kappa shape index (κ2) is 6.34. The lowest BCUT2D eigenvalue weighted by atomic mass is 10.1. The highest BCUT2D eigenvalue weighted by molar-refractivity contribution is 7.21. The first-order valence-corrected chi connectivity index (χ1v) is 8.43. The first-order chi connectivity index (χ1) is 11.2. The Hall–Kier alpha value is -2.46. The molecule has 2 aromatic carbocycles. The summed E-state index contributed by atoms with van der Waals surface area (Å²) < 4.78 is 6.50. The monoisotopic (exact) mass is 323 g/mol. The van der Waals surface area contributed by atoms with Crippen molar-refractivity contribution in [2.45, 2.75) is 20.8 Å². The molecule has 0 N–H and O–H groups in total. The van der Waals surface area contributed by atoms with Gasteiger partial charge in [-0.3, -0.25) is 0 Å². The maximum Gasteiger partial charge on any atom is 0.346 e. The minimum atomic E-state index is -0.341. The minimum absolute atomic E-state index is 0.341. The highest BCUT2D eigenvalue weighted by Gasteiger charge is 2.12. The number of fused-ring (bicyclic) bond motifs is 2. The molecule has 3 nitrogen and oxygen atoms in total. The lowest BCUT2D eigenvalue weighted by Gasteiger charge is -2.00. The molecule has 0 saturated carbocycles. The van der Waals surface area contributed by atoms with Gasteiger partial charge in [0.15, 0.2) is 0 Å². The number of hydrogen-bond donors (Lipinski definition) is 0. The zero-order chi connectivity index (χ0) is 16.4. The van der Waals surface area contributed by atoms with Crippen molar-refractivity contribution in [3.8, 4) is 10.6 Å². The van der Waals surface area contributed by atoms with Crippen LogP contribution in [0, 0.1) is 6.92 Å². The quantitative estimate of drug-likeness (QED) is 0.440. The molecule has 2 aromatic heterocycles. The van der Waals surface area contributed by atoms with E-state index in [1.54, 1.807) is 0 Å². The van der Waals surface area contributed by atoms with Crippen LogP contribution in [0.4, 0.5) is 0 Å². The molecule has 0 amide bonds. The average Bonchev–Trinajstić information content (AvgIpc) is 2.99. The van der Waals surface area contributed by atoms with Gasteiger partial charge in [0.25, 0.3) is 0 Å². The summed E-state index contributed by atoms with van der Waals surface area (Å²) in [6.07, 6.45) is 0. The maximum absolute atomic E-state index is 12.2. The summed E-state index contributed by atoms with van der Waals surface area (Å²) in [6, 6.07) is 15.6. The van der Waals surface area contributed by atoms with Crippen molar-refractivity contribution < 1.29 is 4.42 Å². The van der Waals surface area contributed by atoms with Crippen molar-refractivity contribution in [3.63, 3.8) is 0 Å². The Morgan fingerprint density at radius 1 is 1.04 bits per heavy atom. The number of benzene rings is 2. The SMILES string of the molecule is CC.Cc1ccc2cc(-c3nc4ccccc4s3)c(=O)oc2c1. The van der Waals surface area contributed by atoms with Crippen molar-refractivity contribution >= 4 is 32.5 Å². The standard InChI is InChI=1S/C17H11NO2S.C2H6/c1-10-6-7-11-9-12(17(19)20-14(11)8-10)16-18-13-4-2-3-5-15(13)21-16;1-2/h2-9H,1H3;1-2H3. The third-order valence-corrected chi connectivity index (χ3v) is 4.49. The van der Waals surface area contributed by atoms with Gasteiger partial charge in [-0.2, -0.15) is 0 Å². The molecule has 4 rings (SSSR count).